The van der Waals surface area contributed by atoms with E-state index >= 15 is 0 Å². The minimum Gasteiger partial charge on any atom is -0.468 e. The molecule has 0 aromatic heterocycles. The first-order valence-electron chi connectivity index (χ1n) is 5.00. The molecule has 4 nitrogen and oxygen atoms in total. The maximum atomic E-state index is 12.0. The minimum atomic E-state index is -4.75. The molecule has 0 amide bonds. The highest BCUT2D eigenvalue weighted by Gasteiger charge is 2.31. The molecule has 0 heterocycles. The normalized spacial score (nSPS) is 12.9. The van der Waals surface area contributed by atoms with Gasteiger partial charge >= 0.3 is 12.3 Å². The summed E-state index contributed by atoms with van der Waals surface area (Å²) in [5.41, 5.74) is 5.95. The van der Waals surface area contributed by atoms with E-state index in [2.05, 4.69) is 9.47 Å². The second kappa shape index (κ2) is 5.72. The lowest BCUT2D eigenvalue weighted by molar-refractivity contribution is -0.274. The average Bonchev–Trinajstić information content (AvgIpc) is 2.26. The van der Waals surface area contributed by atoms with Gasteiger partial charge in [0.1, 0.15) is 11.8 Å². The molecule has 0 radical (unpaired) electrons. The SMILES string of the molecule is COC(=O)[C@@H](N)Cc1cccc(OC(F)(F)F)c1. The van der Waals surface area contributed by atoms with Crippen molar-refractivity contribution in [3.8, 4) is 5.75 Å². The molecule has 0 aliphatic carbocycles. The number of esters is 1. The lowest BCUT2D eigenvalue weighted by Crippen LogP contribution is -2.33. The molecule has 7 heteroatoms. The van der Waals surface area contributed by atoms with Gasteiger partial charge in [0.05, 0.1) is 7.11 Å². The standard InChI is InChI=1S/C11H12F3NO3/c1-17-10(16)9(15)6-7-3-2-4-8(5-7)18-11(12,13)14/h2-5,9H,6,15H2,1H3/t9-/m0/s1. The lowest BCUT2D eigenvalue weighted by atomic mass is 10.1. The molecule has 2 N–H and O–H groups in total. The molecule has 0 aliphatic rings. The van der Waals surface area contributed by atoms with Crippen molar-refractivity contribution in [2.24, 2.45) is 5.73 Å². The Balaban J connectivity index is 2.73. The number of halogens is 3. The van der Waals surface area contributed by atoms with Crippen LogP contribution in [0, 0.1) is 0 Å². The summed E-state index contributed by atoms with van der Waals surface area (Å²) in [7, 11) is 1.19. The van der Waals surface area contributed by atoms with Crippen molar-refractivity contribution >= 4 is 5.97 Å². The van der Waals surface area contributed by atoms with Crippen molar-refractivity contribution in [1.29, 1.82) is 0 Å². The van der Waals surface area contributed by atoms with Crippen LogP contribution in [0.3, 0.4) is 0 Å². The van der Waals surface area contributed by atoms with Gasteiger partial charge in [0.15, 0.2) is 0 Å². The summed E-state index contributed by atoms with van der Waals surface area (Å²) in [4.78, 5) is 11.1. The topological polar surface area (TPSA) is 61.5 Å². The van der Waals surface area contributed by atoms with Gasteiger partial charge in [-0.3, -0.25) is 4.79 Å². The predicted octanol–water partition coefficient (Wildman–Crippen LogP) is 1.63. The van der Waals surface area contributed by atoms with Gasteiger partial charge < -0.3 is 15.2 Å². The molecule has 1 atom stereocenters. The van der Waals surface area contributed by atoms with E-state index in [-0.39, 0.29) is 12.2 Å². The monoisotopic (exact) mass is 263 g/mol. The van der Waals surface area contributed by atoms with Crippen LogP contribution in [0.5, 0.6) is 5.75 Å². The quantitative estimate of drug-likeness (QED) is 0.839. The van der Waals surface area contributed by atoms with Crippen LogP contribution < -0.4 is 10.5 Å². The molecule has 1 aromatic carbocycles. The van der Waals surface area contributed by atoms with E-state index in [0.29, 0.717) is 5.56 Å². The number of alkyl halides is 3. The van der Waals surface area contributed by atoms with Gasteiger partial charge in [-0.15, -0.1) is 13.2 Å². The van der Waals surface area contributed by atoms with Crippen molar-refractivity contribution < 1.29 is 27.4 Å². The van der Waals surface area contributed by atoms with Crippen LogP contribution in [0.1, 0.15) is 5.56 Å². The number of carbonyl (C=O) groups excluding carboxylic acids is 1. The minimum absolute atomic E-state index is 0.0712. The van der Waals surface area contributed by atoms with Gasteiger partial charge in [0.2, 0.25) is 0 Å². The van der Waals surface area contributed by atoms with Crippen LogP contribution in [0.2, 0.25) is 0 Å². The molecular formula is C11H12F3NO3. The van der Waals surface area contributed by atoms with E-state index in [1.165, 1.54) is 25.3 Å². The predicted molar refractivity (Wildman–Crippen MR) is 56.8 cm³/mol. The maximum Gasteiger partial charge on any atom is 0.573 e. The molecule has 0 aliphatic heterocycles. The Morgan fingerprint density at radius 1 is 1.44 bits per heavy atom. The number of benzene rings is 1. The first-order chi connectivity index (χ1) is 8.31. The Bertz CT molecular complexity index is 420. The van der Waals surface area contributed by atoms with E-state index in [1.54, 1.807) is 6.07 Å². The summed E-state index contributed by atoms with van der Waals surface area (Å²) < 4.78 is 44.2. The second-order valence-electron chi connectivity index (χ2n) is 3.53. The molecule has 1 rings (SSSR count). The molecule has 100 valence electrons. The molecule has 18 heavy (non-hydrogen) atoms. The first kappa shape index (κ1) is 14.3. The van der Waals surface area contributed by atoms with Crippen LogP contribution in [0.25, 0.3) is 0 Å². The Morgan fingerprint density at radius 2 is 2.11 bits per heavy atom. The molecule has 0 fully saturated rings. The summed E-state index contributed by atoms with van der Waals surface area (Å²) >= 11 is 0. The summed E-state index contributed by atoms with van der Waals surface area (Å²) in [6, 6.07) is 4.36. The number of rotatable bonds is 4. The van der Waals surface area contributed by atoms with Crippen molar-refractivity contribution in [3.63, 3.8) is 0 Å². The van der Waals surface area contributed by atoms with E-state index in [0.717, 1.165) is 0 Å². The number of nitrogens with two attached hydrogens (primary N) is 1. The van der Waals surface area contributed by atoms with Crippen molar-refractivity contribution in [2.75, 3.05) is 7.11 Å². The Kier molecular flexibility index (Phi) is 4.55. The van der Waals surface area contributed by atoms with Gasteiger partial charge in [-0.05, 0) is 24.1 Å². The second-order valence-corrected chi connectivity index (χ2v) is 3.53. The fraction of sp³-hybridized carbons (Fsp3) is 0.364. The maximum absolute atomic E-state index is 12.0. The van der Waals surface area contributed by atoms with E-state index in [9.17, 15) is 18.0 Å². The van der Waals surface area contributed by atoms with Crippen LogP contribution in [-0.2, 0) is 16.0 Å². The van der Waals surface area contributed by atoms with Crippen LogP contribution in [0.4, 0.5) is 13.2 Å². The number of ether oxygens (including phenoxy) is 2. The Hall–Kier alpha value is -1.76. The molecule has 0 saturated carbocycles. The van der Waals surface area contributed by atoms with E-state index in [1.807, 2.05) is 0 Å². The summed E-state index contributed by atoms with van der Waals surface area (Å²) in [6.07, 6.45) is -4.68. The fourth-order valence-corrected chi connectivity index (χ4v) is 1.36. The molecule has 0 bridgehead atoms. The van der Waals surface area contributed by atoms with Crippen molar-refractivity contribution in [1.82, 2.24) is 0 Å². The van der Waals surface area contributed by atoms with Gasteiger partial charge in [-0.1, -0.05) is 12.1 Å². The summed E-state index contributed by atoms with van der Waals surface area (Å²) in [5, 5.41) is 0. The van der Waals surface area contributed by atoms with Gasteiger partial charge in [0.25, 0.3) is 0 Å². The molecule has 1 aromatic rings. The molecular weight excluding hydrogens is 251 g/mol. The third kappa shape index (κ3) is 4.62. The number of carbonyl (C=O) groups is 1. The fourth-order valence-electron chi connectivity index (χ4n) is 1.36. The molecule has 0 saturated heterocycles. The van der Waals surface area contributed by atoms with Gasteiger partial charge in [-0.2, -0.15) is 0 Å². The molecule has 0 spiro atoms. The Labute approximate surface area is 101 Å². The summed E-state index contributed by atoms with van der Waals surface area (Å²) in [6.45, 7) is 0. The van der Waals surface area contributed by atoms with Crippen LogP contribution >= 0.6 is 0 Å². The zero-order valence-electron chi connectivity index (χ0n) is 9.53. The van der Waals surface area contributed by atoms with Gasteiger partial charge in [-0.25, -0.2) is 0 Å². The smallest absolute Gasteiger partial charge is 0.468 e. The highest BCUT2D eigenvalue weighted by Crippen LogP contribution is 2.23. The third-order valence-electron chi connectivity index (χ3n) is 2.09. The average molecular weight is 263 g/mol. The highest BCUT2D eigenvalue weighted by atomic mass is 19.4. The number of hydrogen-bond acceptors (Lipinski definition) is 4. The number of methoxy groups -OCH3 is 1. The van der Waals surface area contributed by atoms with Crippen molar-refractivity contribution in [3.05, 3.63) is 29.8 Å². The zero-order valence-corrected chi connectivity index (χ0v) is 9.53. The van der Waals surface area contributed by atoms with Crippen LogP contribution in [0.15, 0.2) is 24.3 Å². The lowest BCUT2D eigenvalue weighted by Gasteiger charge is -2.12. The van der Waals surface area contributed by atoms with Crippen LogP contribution in [-0.4, -0.2) is 25.5 Å². The zero-order chi connectivity index (χ0) is 13.8. The number of hydrogen-bond donors (Lipinski definition) is 1. The third-order valence-corrected chi connectivity index (χ3v) is 2.09. The van der Waals surface area contributed by atoms with E-state index in [4.69, 9.17) is 5.73 Å². The van der Waals surface area contributed by atoms with Crippen molar-refractivity contribution in [2.45, 2.75) is 18.8 Å². The largest absolute Gasteiger partial charge is 0.573 e. The van der Waals surface area contributed by atoms with E-state index < -0.39 is 18.4 Å². The molecule has 0 unspecified atom stereocenters. The van der Waals surface area contributed by atoms with Gasteiger partial charge in [0, 0.05) is 0 Å². The Morgan fingerprint density at radius 3 is 2.67 bits per heavy atom. The highest BCUT2D eigenvalue weighted by molar-refractivity contribution is 5.75. The first-order valence-corrected chi connectivity index (χ1v) is 5.00. The summed E-state index contributed by atoms with van der Waals surface area (Å²) in [5.74, 6) is -0.978.